The van der Waals surface area contributed by atoms with Crippen LogP contribution in [-0.4, -0.2) is 17.6 Å². The number of amides is 2. The Hall–Kier alpha value is -2.74. The van der Waals surface area contributed by atoms with Crippen molar-refractivity contribution in [3.63, 3.8) is 0 Å². The normalized spacial score (nSPS) is 18.6. The van der Waals surface area contributed by atoms with Gasteiger partial charge in [0, 0.05) is 28.2 Å². The van der Waals surface area contributed by atoms with Gasteiger partial charge < -0.3 is 5.32 Å². The van der Waals surface area contributed by atoms with Crippen LogP contribution >= 0.6 is 23.2 Å². The Bertz CT molecular complexity index is 1030. The molecular formula is C23H18Cl2F3N3O. The van der Waals surface area contributed by atoms with Gasteiger partial charge in [0.1, 0.15) is 0 Å². The van der Waals surface area contributed by atoms with E-state index >= 15 is 0 Å². The first kappa shape index (κ1) is 22.5. The molecule has 2 N–H and O–H groups in total. The lowest BCUT2D eigenvalue weighted by atomic mass is 9.89. The Morgan fingerprint density at radius 3 is 1.94 bits per heavy atom. The monoisotopic (exact) mass is 479 g/mol. The van der Waals surface area contributed by atoms with Crippen molar-refractivity contribution in [2.24, 2.45) is 0 Å². The van der Waals surface area contributed by atoms with Gasteiger partial charge in [0.2, 0.25) is 0 Å². The zero-order valence-electron chi connectivity index (χ0n) is 16.5. The van der Waals surface area contributed by atoms with Gasteiger partial charge in [0.15, 0.2) is 0 Å². The van der Waals surface area contributed by atoms with E-state index in [1.54, 1.807) is 24.3 Å². The highest BCUT2D eigenvalue weighted by atomic mass is 35.5. The van der Waals surface area contributed by atoms with E-state index in [1.165, 1.54) is 17.1 Å². The molecule has 4 rings (SSSR count). The van der Waals surface area contributed by atoms with E-state index in [4.69, 9.17) is 23.2 Å². The zero-order chi connectivity index (χ0) is 22.9. The molecule has 0 aromatic heterocycles. The molecule has 0 spiro atoms. The van der Waals surface area contributed by atoms with Gasteiger partial charge in [0.05, 0.1) is 11.6 Å². The van der Waals surface area contributed by atoms with E-state index in [1.807, 2.05) is 24.3 Å². The second kappa shape index (κ2) is 9.02. The van der Waals surface area contributed by atoms with Crippen LogP contribution in [-0.2, 0) is 6.18 Å². The minimum atomic E-state index is -4.43. The van der Waals surface area contributed by atoms with Crippen LogP contribution < -0.4 is 10.7 Å². The van der Waals surface area contributed by atoms with Crippen LogP contribution in [0.2, 0.25) is 10.0 Å². The average molecular weight is 480 g/mol. The Kier molecular flexibility index (Phi) is 6.33. The van der Waals surface area contributed by atoms with Gasteiger partial charge in [-0.3, -0.25) is 5.01 Å². The summed E-state index contributed by atoms with van der Waals surface area (Å²) < 4.78 is 38.3. The second-order valence-corrected chi connectivity index (χ2v) is 8.31. The summed E-state index contributed by atoms with van der Waals surface area (Å²) in [5.41, 5.74) is 4.64. The highest BCUT2D eigenvalue weighted by molar-refractivity contribution is 6.30. The van der Waals surface area contributed by atoms with E-state index in [9.17, 15) is 18.0 Å². The fourth-order valence-corrected chi connectivity index (χ4v) is 3.92. The summed E-state index contributed by atoms with van der Waals surface area (Å²) >= 11 is 12.0. The molecule has 166 valence electrons. The third-order valence-electron chi connectivity index (χ3n) is 5.31. The number of hydrogen-bond acceptors (Lipinski definition) is 2. The van der Waals surface area contributed by atoms with Gasteiger partial charge in [0.25, 0.3) is 0 Å². The maximum atomic E-state index is 12.8. The van der Waals surface area contributed by atoms with Gasteiger partial charge in [-0.05, 0) is 59.7 Å². The molecule has 3 aromatic rings. The topological polar surface area (TPSA) is 44.4 Å². The number of carbonyl (C=O) groups is 1. The van der Waals surface area contributed by atoms with Crippen LogP contribution in [0, 0.1) is 0 Å². The molecule has 0 bridgehead atoms. The molecule has 0 radical (unpaired) electrons. The fourth-order valence-electron chi connectivity index (χ4n) is 3.67. The number of halogens is 5. The van der Waals surface area contributed by atoms with E-state index in [0.717, 1.165) is 23.3 Å². The Morgan fingerprint density at radius 2 is 1.41 bits per heavy atom. The first-order chi connectivity index (χ1) is 15.2. The Balaban J connectivity index is 1.54. The second-order valence-electron chi connectivity index (χ2n) is 7.43. The van der Waals surface area contributed by atoms with Crippen molar-refractivity contribution in [2.45, 2.75) is 18.1 Å². The molecule has 1 saturated heterocycles. The first-order valence-corrected chi connectivity index (χ1v) is 10.5. The number of nitrogens with zero attached hydrogens (tertiary/aromatic N) is 1. The zero-order valence-corrected chi connectivity index (χ0v) is 18.0. The highest BCUT2D eigenvalue weighted by Gasteiger charge is 2.37. The van der Waals surface area contributed by atoms with Gasteiger partial charge in [-0.1, -0.05) is 47.5 Å². The number of benzene rings is 3. The summed E-state index contributed by atoms with van der Waals surface area (Å²) in [6, 6.07) is 18.4. The molecule has 2 atom stereocenters. The first-order valence-electron chi connectivity index (χ1n) is 9.73. The number of nitrogens with one attached hydrogen (secondary N) is 2. The molecule has 1 aliphatic heterocycles. The summed E-state index contributed by atoms with van der Waals surface area (Å²) in [4.78, 5) is 12.8. The van der Waals surface area contributed by atoms with Crippen molar-refractivity contribution in [3.05, 3.63) is 99.5 Å². The maximum Gasteiger partial charge on any atom is 0.416 e. The van der Waals surface area contributed by atoms with Gasteiger partial charge in [-0.25, -0.2) is 10.2 Å². The predicted octanol–water partition coefficient (Wildman–Crippen LogP) is 6.89. The van der Waals surface area contributed by atoms with E-state index in [-0.39, 0.29) is 17.6 Å². The van der Waals surface area contributed by atoms with Gasteiger partial charge >= 0.3 is 12.2 Å². The molecule has 32 heavy (non-hydrogen) atoms. The third-order valence-corrected chi connectivity index (χ3v) is 5.82. The van der Waals surface area contributed by atoms with Crippen LogP contribution in [0.25, 0.3) is 0 Å². The molecule has 1 aliphatic rings. The standard InChI is InChI=1S/C23H18Cl2F3N3O/c24-17-7-1-14(2-8-17)20-13-31(30-21(20)15-3-9-18(25)10-4-15)22(32)29-19-11-5-16(6-12-19)23(26,27)28/h1-12,20-21,30H,13H2,(H,29,32). The lowest BCUT2D eigenvalue weighted by Gasteiger charge is -2.20. The van der Waals surface area contributed by atoms with Gasteiger partial charge in [-0.2, -0.15) is 13.2 Å². The predicted molar refractivity (Wildman–Crippen MR) is 119 cm³/mol. The number of rotatable bonds is 3. The Labute approximate surface area is 192 Å². The molecule has 3 aromatic carbocycles. The van der Waals surface area contributed by atoms with Crippen molar-refractivity contribution in [3.8, 4) is 0 Å². The van der Waals surface area contributed by atoms with Crippen molar-refractivity contribution >= 4 is 34.9 Å². The maximum absolute atomic E-state index is 12.8. The summed E-state index contributed by atoms with van der Waals surface area (Å²) in [7, 11) is 0. The van der Waals surface area contributed by atoms with E-state index in [0.29, 0.717) is 16.6 Å². The molecule has 1 heterocycles. The van der Waals surface area contributed by atoms with Crippen LogP contribution in [0.4, 0.5) is 23.7 Å². The summed E-state index contributed by atoms with van der Waals surface area (Å²) in [5, 5.41) is 5.28. The minimum Gasteiger partial charge on any atom is -0.307 e. The van der Waals surface area contributed by atoms with E-state index < -0.39 is 17.8 Å². The van der Waals surface area contributed by atoms with Gasteiger partial charge in [-0.15, -0.1) is 0 Å². The number of carbonyl (C=O) groups excluding carboxylic acids is 1. The van der Waals surface area contributed by atoms with Crippen LogP contribution in [0.15, 0.2) is 72.8 Å². The summed E-state index contributed by atoms with van der Waals surface area (Å²) in [6.07, 6.45) is -4.43. The van der Waals surface area contributed by atoms with Crippen molar-refractivity contribution in [1.29, 1.82) is 0 Å². The number of urea groups is 1. The molecule has 2 unspecified atom stereocenters. The molecule has 2 amide bonds. The van der Waals surface area contributed by atoms with Crippen molar-refractivity contribution in [1.82, 2.24) is 10.4 Å². The van der Waals surface area contributed by atoms with Crippen molar-refractivity contribution in [2.75, 3.05) is 11.9 Å². The number of anilines is 1. The number of alkyl halides is 3. The number of hydrogen-bond donors (Lipinski definition) is 2. The molecule has 4 nitrogen and oxygen atoms in total. The molecular weight excluding hydrogens is 462 g/mol. The molecule has 0 saturated carbocycles. The molecule has 9 heteroatoms. The van der Waals surface area contributed by atoms with E-state index in [2.05, 4.69) is 10.7 Å². The van der Waals surface area contributed by atoms with Crippen molar-refractivity contribution < 1.29 is 18.0 Å². The molecule has 1 fully saturated rings. The third kappa shape index (κ3) is 5.01. The quantitative estimate of drug-likeness (QED) is 0.429. The fraction of sp³-hybridized carbons (Fsp3) is 0.174. The SMILES string of the molecule is O=C(Nc1ccc(C(F)(F)F)cc1)N1CC(c2ccc(Cl)cc2)C(c2ccc(Cl)cc2)N1. The lowest BCUT2D eigenvalue weighted by molar-refractivity contribution is -0.137. The number of hydrazine groups is 1. The largest absolute Gasteiger partial charge is 0.416 e. The molecule has 0 aliphatic carbocycles. The average Bonchev–Trinajstić information content (AvgIpc) is 3.20. The minimum absolute atomic E-state index is 0.0770. The van der Waals surface area contributed by atoms with Crippen LogP contribution in [0.1, 0.15) is 28.7 Å². The van der Waals surface area contributed by atoms with Crippen LogP contribution in [0.5, 0.6) is 0 Å². The summed E-state index contributed by atoms with van der Waals surface area (Å²) in [6.45, 7) is 0.349. The van der Waals surface area contributed by atoms with Crippen LogP contribution in [0.3, 0.4) is 0 Å². The summed E-state index contributed by atoms with van der Waals surface area (Å²) in [5.74, 6) is -0.0770. The lowest BCUT2D eigenvalue weighted by Crippen LogP contribution is -2.40. The highest BCUT2D eigenvalue weighted by Crippen LogP contribution is 2.37. The Morgan fingerprint density at radius 1 is 0.875 bits per heavy atom. The smallest absolute Gasteiger partial charge is 0.307 e.